The number of hydrogen-bond donors (Lipinski definition) is 2. The van der Waals surface area contributed by atoms with Gasteiger partial charge in [0.15, 0.2) is 0 Å². The van der Waals surface area contributed by atoms with E-state index < -0.39 is 5.60 Å². The standard InChI is InChI=1S/C15H19BrClNO2/c1-10-2-4-15(20,5-3-10)9-18-14(19)11-6-12(16)8-13(17)7-11/h6-8,10,20H,2-5,9H2,1H3,(H,18,19). The Balaban J connectivity index is 1.95. The number of amides is 1. The quantitative estimate of drug-likeness (QED) is 0.862. The molecule has 5 heteroatoms. The molecule has 0 bridgehead atoms. The Labute approximate surface area is 132 Å². The largest absolute Gasteiger partial charge is 0.388 e. The van der Waals surface area contributed by atoms with E-state index in [0.717, 1.165) is 30.2 Å². The third-order valence-corrected chi connectivity index (χ3v) is 4.58. The van der Waals surface area contributed by atoms with Gasteiger partial charge in [0.25, 0.3) is 5.91 Å². The SMILES string of the molecule is CC1CCC(O)(CNC(=O)c2cc(Cl)cc(Br)c2)CC1. The van der Waals surface area contributed by atoms with Crippen molar-refractivity contribution < 1.29 is 9.90 Å². The molecule has 0 saturated heterocycles. The fourth-order valence-electron chi connectivity index (χ4n) is 2.51. The molecule has 2 N–H and O–H groups in total. The van der Waals surface area contributed by atoms with Gasteiger partial charge in [-0.25, -0.2) is 0 Å². The molecule has 3 nitrogen and oxygen atoms in total. The number of hydrogen-bond acceptors (Lipinski definition) is 2. The predicted octanol–water partition coefficient (Wildman–Crippen LogP) is 3.77. The van der Waals surface area contributed by atoms with Gasteiger partial charge in [0.05, 0.1) is 5.60 Å². The van der Waals surface area contributed by atoms with Crippen LogP contribution in [0.4, 0.5) is 0 Å². The Morgan fingerprint density at radius 2 is 2.10 bits per heavy atom. The van der Waals surface area contributed by atoms with Gasteiger partial charge in [-0.2, -0.15) is 0 Å². The van der Waals surface area contributed by atoms with Gasteiger partial charge in [0, 0.05) is 21.6 Å². The Kier molecular flexibility index (Phi) is 5.10. The minimum atomic E-state index is -0.766. The van der Waals surface area contributed by atoms with Crippen molar-refractivity contribution in [3.8, 4) is 0 Å². The molecule has 1 fully saturated rings. The summed E-state index contributed by atoms with van der Waals surface area (Å²) in [5, 5.41) is 13.8. The fraction of sp³-hybridized carbons (Fsp3) is 0.533. The van der Waals surface area contributed by atoms with Crippen LogP contribution in [0.25, 0.3) is 0 Å². The third kappa shape index (κ3) is 4.21. The van der Waals surface area contributed by atoms with Crippen molar-refractivity contribution in [1.82, 2.24) is 5.32 Å². The smallest absolute Gasteiger partial charge is 0.251 e. The summed E-state index contributed by atoms with van der Waals surface area (Å²) in [5.41, 5.74) is -0.269. The maximum Gasteiger partial charge on any atom is 0.251 e. The van der Waals surface area contributed by atoms with Crippen LogP contribution in [-0.4, -0.2) is 23.2 Å². The van der Waals surface area contributed by atoms with E-state index in [1.807, 2.05) is 0 Å². The summed E-state index contributed by atoms with van der Waals surface area (Å²) < 4.78 is 0.764. The van der Waals surface area contributed by atoms with Crippen LogP contribution in [0, 0.1) is 5.92 Å². The number of carbonyl (C=O) groups is 1. The Morgan fingerprint density at radius 3 is 2.70 bits per heavy atom. The summed E-state index contributed by atoms with van der Waals surface area (Å²) in [5.74, 6) is 0.454. The van der Waals surface area contributed by atoms with Crippen LogP contribution >= 0.6 is 27.5 Å². The topological polar surface area (TPSA) is 49.3 Å². The van der Waals surface area contributed by atoms with Crippen LogP contribution in [0.1, 0.15) is 43.0 Å². The van der Waals surface area contributed by atoms with E-state index in [2.05, 4.69) is 28.2 Å². The second kappa shape index (κ2) is 6.46. The summed E-state index contributed by atoms with van der Waals surface area (Å²) in [6, 6.07) is 5.07. The number of halogens is 2. The molecule has 0 spiro atoms. The summed E-state index contributed by atoms with van der Waals surface area (Å²) >= 11 is 9.24. The third-order valence-electron chi connectivity index (χ3n) is 3.91. The lowest BCUT2D eigenvalue weighted by Gasteiger charge is -2.34. The van der Waals surface area contributed by atoms with Crippen LogP contribution in [0.15, 0.2) is 22.7 Å². The van der Waals surface area contributed by atoms with Gasteiger partial charge in [-0.1, -0.05) is 34.5 Å². The van der Waals surface area contributed by atoms with Crippen molar-refractivity contribution in [3.05, 3.63) is 33.3 Å². The van der Waals surface area contributed by atoms with Gasteiger partial charge in [-0.15, -0.1) is 0 Å². The zero-order chi connectivity index (χ0) is 14.8. The maximum absolute atomic E-state index is 12.1. The second-order valence-corrected chi connectivity index (χ2v) is 7.10. The van der Waals surface area contributed by atoms with Crippen LogP contribution in [0.3, 0.4) is 0 Å². The number of carbonyl (C=O) groups excluding carboxylic acids is 1. The molecule has 0 aliphatic heterocycles. The van der Waals surface area contributed by atoms with Gasteiger partial charge >= 0.3 is 0 Å². The van der Waals surface area contributed by atoms with Crippen molar-refractivity contribution in [2.24, 2.45) is 5.92 Å². The van der Waals surface area contributed by atoms with Crippen LogP contribution in [-0.2, 0) is 0 Å². The molecule has 0 unspecified atom stereocenters. The van der Waals surface area contributed by atoms with Crippen molar-refractivity contribution in [2.75, 3.05) is 6.54 Å². The highest BCUT2D eigenvalue weighted by Crippen LogP contribution is 2.31. The summed E-state index contributed by atoms with van der Waals surface area (Å²) in [6.07, 6.45) is 3.51. The lowest BCUT2D eigenvalue weighted by atomic mass is 9.79. The van der Waals surface area contributed by atoms with Crippen molar-refractivity contribution in [1.29, 1.82) is 0 Å². The molecule has 1 aromatic rings. The van der Waals surface area contributed by atoms with Crippen LogP contribution in [0.5, 0.6) is 0 Å². The number of aliphatic hydroxyl groups is 1. The van der Waals surface area contributed by atoms with Gasteiger partial charge in [0.1, 0.15) is 0 Å². The molecule has 0 radical (unpaired) electrons. The van der Waals surface area contributed by atoms with Gasteiger partial charge in [0.2, 0.25) is 0 Å². The molecular weight excluding hydrogens is 342 g/mol. The fourth-order valence-corrected chi connectivity index (χ4v) is 3.37. The van der Waals surface area contributed by atoms with E-state index in [1.54, 1.807) is 18.2 Å². The second-order valence-electron chi connectivity index (χ2n) is 5.75. The number of rotatable bonds is 3. The number of nitrogens with one attached hydrogen (secondary N) is 1. The van der Waals surface area contributed by atoms with E-state index in [-0.39, 0.29) is 5.91 Å². The Bertz CT molecular complexity index is 478. The molecule has 1 amide bonds. The maximum atomic E-state index is 12.1. The molecule has 1 aliphatic carbocycles. The Morgan fingerprint density at radius 1 is 1.45 bits per heavy atom. The zero-order valence-corrected chi connectivity index (χ0v) is 13.8. The van der Waals surface area contributed by atoms with Gasteiger partial charge in [-0.05, 0) is 49.8 Å². The number of benzene rings is 1. The van der Waals surface area contributed by atoms with Crippen LogP contribution in [0.2, 0.25) is 5.02 Å². The van der Waals surface area contributed by atoms with E-state index in [0.29, 0.717) is 23.0 Å². The molecule has 20 heavy (non-hydrogen) atoms. The predicted molar refractivity (Wildman–Crippen MR) is 84.1 cm³/mol. The lowest BCUT2D eigenvalue weighted by Crippen LogP contribution is -2.45. The summed E-state index contributed by atoms with van der Waals surface area (Å²) in [7, 11) is 0. The van der Waals surface area contributed by atoms with Crippen molar-refractivity contribution >= 4 is 33.4 Å². The molecule has 1 aromatic carbocycles. The average Bonchev–Trinajstić information content (AvgIpc) is 2.39. The first-order chi connectivity index (χ1) is 9.38. The molecular formula is C15H19BrClNO2. The molecule has 110 valence electrons. The monoisotopic (exact) mass is 359 g/mol. The van der Waals surface area contributed by atoms with Crippen LogP contribution < -0.4 is 5.32 Å². The van der Waals surface area contributed by atoms with E-state index in [1.165, 1.54) is 0 Å². The molecule has 0 aromatic heterocycles. The van der Waals surface area contributed by atoms with E-state index >= 15 is 0 Å². The highest BCUT2D eigenvalue weighted by Gasteiger charge is 2.32. The molecule has 1 saturated carbocycles. The zero-order valence-electron chi connectivity index (χ0n) is 11.5. The normalized spacial score (nSPS) is 26.3. The minimum Gasteiger partial charge on any atom is -0.388 e. The first kappa shape index (κ1) is 15.8. The van der Waals surface area contributed by atoms with Crippen molar-refractivity contribution in [3.63, 3.8) is 0 Å². The first-order valence-electron chi connectivity index (χ1n) is 6.85. The average molecular weight is 361 g/mol. The minimum absolute atomic E-state index is 0.208. The summed E-state index contributed by atoms with van der Waals surface area (Å²) in [4.78, 5) is 12.1. The van der Waals surface area contributed by atoms with Gasteiger partial charge in [-0.3, -0.25) is 4.79 Å². The lowest BCUT2D eigenvalue weighted by molar-refractivity contribution is -0.00539. The summed E-state index contributed by atoms with van der Waals surface area (Å²) in [6.45, 7) is 2.49. The molecule has 0 heterocycles. The molecule has 1 aliphatic rings. The Hall–Kier alpha value is -0.580. The van der Waals surface area contributed by atoms with E-state index in [4.69, 9.17) is 11.6 Å². The highest BCUT2D eigenvalue weighted by atomic mass is 79.9. The van der Waals surface area contributed by atoms with Gasteiger partial charge < -0.3 is 10.4 Å². The van der Waals surface area contributed by atoms with E-state index in [9.17, 15) is 9.90 Å². The van der Waals surface area contributed by atoms with Crippen molar-refractivity contribution in [2.45, 2.75) is 38.2 Å². The molecule has 2 rings (SSSR count). The first-order valence-corrected chi connectivity index (χ1v) is 8.02. The highest BCUT2D eigenvalue weighted by molar-refractivity contribution is 9.10. The molecule has 0 atom stereocenters.